The molecule has 0 aliphatic carbocycles. The predicted molar refractivity (Wildman–Crippen MR) is 61.5 cm³/mol. The highest BCUT2D eigenvalue weighted by Gasteiger charge is 2.24. The minimum Gasteiger partial charge on any atom is -0.352 e. The van der Waals surface area contributed by atoms with Crippen LogP contribution < -0.4 is 10.2 Å². The van der Waals surface area contributed by atoms with Gasteiger partial charge in [-0.15, -0.1) is 0 Å². The molecule has 17 heavy (non-hydrogen) atoms. The van der Waals surface area contributed by atoms with Crippen LogP contribution in [0, 0.1) is 11.3 Å². The summed E-state index contributed by atoms with van der Waals surface area (Å²) in [5, 5.41) is 11.6. The van der Waals surface area contributed by atoms with E-state index in [-0.39, 0.29) is 24.9 Å². The van der Waals surface area contributed by atoms with Crippen LogP contribution in [0.2, 0.25) is 5.02 Å². The van der Waals surface area contributed by atoms with Crippen LogP contribution in [-0.2, 0) is 9.59 Å². The second-order valence-electron chi connectivity index (χ2n) is 3.60. The van der Waals surface area contributed by atoms with Crippen molar-refractivity contribution in [1.29, 1.82) is 5.26 Å². The molecular weight excluding hydrogens is 242 g/mol. The predicted octanol–water partition coefficient (Wildman–Crippen LogP) is 0.674. The standard InChI is InChI=1S/C11H8ClN3O2/c12-8-2-1-7(4-13)9(3-8)15-5-10(16)14-11(17)6-15/h1-3H,5-6H2,(H,14,16,17). The Morgan fingerprint density at radius 2 is 1.94 bits per heavy atom. The lowest BCUT2D eigenvalue weighted by atomic mass is 10.1. The van der Waals surface area contributed by atoms with Crippen molar-refractivity contribution in [3.05, 3.63) is 28.8 Å². The molecule has 5 nitrogen and oxygen atoms in total. The Bertz CT molecular complexity index is 520. The first-order valence-corrected chi connectivity index (χ1v) is 5.25. The minimum atomic E-state index is -0.384. The Balaban J connectivity index is 2.39. The van der Waals surface area contributed by atoms with Gasteiger partial charge in [-0.1, -0.05) is 11.6 Å². The van der Waals surface area contributed by atoms with Crippen LogP contribution in [0.1, 0.15) is 5.56 Å². The number of nitrogens with one attached hydrogen (secondary N) is 1. The summed E-state index contributed by atoms with van der Waals surface area (Å²) in [6.07, 6.45) is 0. The lowest BCUT2D eigenvalue weighted by Gasteiger charge is -2.28. The van der Waals surface area contributed by atoms with Crippen LogP contribution in [-0.4, -0.2) is 24.9 Å². The average molecular weight is 250 g/mol. The molecule has 0 spiro atoms. The summed E-state index contributed by atoms with van der Waals surface area (Å²) >= 11 is 5.84. The lowest BCUT2D eigenvalue weighted by molar-refractivity contribution is -0.130. The first-order chi connectivity index (χ1) is 8.10. The maximum absolute atomic E-state index is 11.3. The van der Waals surface area contributed by atoms with E-state index in [0.29, 0.717) is 16.3 Å². The normalized spacial score (nSPS) is 15.4. The molecule has 2 rings (SSSR count). The van der Waals surface area contributed by atoms with Crippen molar-refractivity contribution in [3.8, 4) is 6.07 Å². The highest BCUT2D eigenvalue weighted by atomic mass is 35.5. The fourth-order valence-corrected chi connectivity index (χ4v) is 1.83. The van der Waals surface area contributed by atoms with E-state index in [9.17, 15) is 9.59 Å². The number of benzene rings is 1. The quantitative estimate of drug-likeness (QED) is 0.743. The summed E-state index contributed by atoms with van der Waals surface area (Å²) in [7, 11) is 0. The van der Waals surface area contributed by atoms with E-state index in [1.165, 1.54) is 4.90 Å². The third-order valence-electron chi connectivity index (χ3n) is 2.37. The number of nitriles is 1. The third kappa shape index (κ3) is 2.37. The summed E-state index contributed by atoms with van der Waals surface area (Å²) in [5.74, 6) is -0.768. The number of imide groups is 1. The highest BCUT2D eigenvalue weighted by Crippen LogP contribution is 2.24. The summed E-state index contributed by atoms with van der Waals surface area (Å²) in [6.45, 7) is 0.0848. The van der Waals surface area contributed by atoms with Crippen LogP contribution in [0.25, 0.3) is 0 Å². The molecule has 1 N–H and O–H groups in total. The number of halogens is 1. The second kappa shape index (κ2) is 4.44. The number of anilines is 1. The molecular formula is C11H8ClN3O2. The number of nitrogens with zero attached hydrogens (tertiary/aromatic N) is 2. The van der Waals surface area contributed by atoms with E-state index in [1.54, 1.807) is 18.2 Å². The van der Waals surface area contributed by atoms with E-state index in [2.05, 4.69) is 5.32 Å². The zero-order valence-corrected chi connectivity index (χ0v) is 9.49. The molecule has 1 aromatic carbocycles. The van der Waals surface area contributed by atoms with Crippen LogP contribution in [0.15, 0.2) is 18.2 Å². The fraction of sp³-hybridized carbons (Fsp3) is 0.182. The molecule has 0 unspecified atom stereocenters. The van der Waals surface area contributed by atoms with Gasteiger partial charge in [0.15, 0.2) is 0 Å². The molecule has 1 aromatic rings. The molecule has 86 valence electrons. The van der Waals surface area contributed by atoms with E-state index in [0.717, 1.165) is 0 Å². The number of carbonyl (C=O) groups excluding carboxylic acids is 2. The lowest BCUT2D eigenvalue weighted by Crippen LogP contribution is -2.51. The third-order valence-corrected chi connectivity index (χ3v) is 2.60. The van der Waals surface area contributed by atoms with Gasteiger partial charge in [0.05, 0.1) is 24.3 Å². The SMILES string of the molecule is N#Cc1ccc(Cl)cc1N1CC(=O)NC(=O)C1. The highest BCUT2D eigenvalue weighted by molar-refractivity contribution is 6.31. The summed E-state index contributed by atoms with van der Waals surface area (Å²) < 4.78 is 0. The molecule has 0 atom stereocenters. The molecule has 1 fully saturated rings. The summed E-state index contributed by atoms with van der Waals surface area (Å²) in [6, 6.07) is 6.74. The number of hydrogen-bond acceptors (Lipinski definition) is 4. The largest absolute Gasteiger partial charge is 0.352 e. The maximum atomic E-state index is 11.3. The summed E-state index contributed by atoms with van der Waals surface area (Å²) in [4.78, 5) is 24.0. The number of rotatable bonds is 1. The van der Waals surface area contributed by atoms with Gasteiger partial charge in [-0.2, -0.15) is 5.26 Å². The van der Waals surface area contributed by atoms with Crippen molar-refractivity contribution >= 4 is 29.1 Å². The molecule has 1 saturated heterocycles. The average Bonchev–Trinajstić information content (AvgIpc) is 2.27. The molecule has 2 amide bonds. The van der Waals surface area contributed by atoms with Gasteiger partial charge >= 0.3 is 0 Å². The zero-order chi connectivity index (χ0) is 12.4. The van der Waals surface area contributed by atoms with Crippen molar-refractivity contribution in [2.24, 2.45) is 0 Å². The fourth-order valence-electron chi connectivity index (χ4n) is 1.67. The van der Waals surface area contributed by atoms with Crippen LogP contribution in [0.3, 0.4) is 0 Å². The van der Waals surface area contributed by atoms with Gasteiger partial charge in [-0.25, -0.2) is 0 Å². The Kier molecular flexibility index (Phi) is 2.98. The van der Waals surface area contributed by atoms with Crippen LogP contribution in [0.5, 0.6) is 0 Å². The zero-order valence-electron chi connectivity index (χ0n) is 8.74. The number of piperazine rings is 1. The van der Waals surface area contributed by atoms with E-state index in [1.807, 2.05) is 6.07 Å². The number of carbonyl (C=O) groups is 2. The Morgan fingerprint density at radius 3 is 2.53 bits per heavy atom. The van der Waals surface area contributed by atoms with Crippen molar-refractivity contribution in [3.63, 3.8) is 0 Å². The molecule has 0 radical (unpaired) electrons. The summed E-state index contributed by atoms with van der Waals surface area (Å²) in [5.41, 5.74) is 0.889. The van der Waals surface area contributed by atoms with Crippen molar-refractivity contribution in [2.45, 2.75) is 0 Å². The van der Waals surface area contributed by atoms with Gasteiger partial charge in [0, 0.05) is 5.02 Å². The van der Waals surface area contributed by atoms with Crippen molar-refractivity contribution < 1.29 is 9.59 Å². The molecule has 1 heterocycles. The first kappa shape index (κ1) is 11.4. The van der Waals surface area contributed by atoms with Gasteiger partial charge in [0.25, 0.3) is 0 Å². The molecule has 1 aliphatic rings. The van der Waals surface area contributed by atoms with Crippen LogP contribution >= 0.6 is 11.6 Å². The van der Waals surface area contributed by atoms with Crippen LogP contribution in [0.4, 0.5) is 5.69 Å². The minimum absolute atomic E-state index is 0.0424. The van der Waals surface area contributed by atoms with Gasteiger partial charge in [0.2, 0.25) is 11.8 Å². The molecule has 0 saturated carbocycles. The number of amides is 2. The smallest absolute Gasteiger partial charge is 0.246 e. The van der Waals surface area contributed by atoms with E-state index in [4.69, 9.17) is 16.9 Å². The van der Waals surface area contributed by atoms with Gasteiger partial charge < -0.3 is 4.90 Å². The molecule has 0 bridgehead atoms. The first-order valence-electron chi connectivity index (χ1n) is 4.87. The topological polar surface area (TPSA) is 73.2 Å². The Morgan fingerprint density at radius 1 is 1.29 bits per heavy atom. The Labute approximate surface area is 103 Å². The van der Waals surface area contributed by atoms with Gasteiger partial charge in [-0.05, 0) is 18.2 Å². The van der Waals surface area contributed by atoms with E-state index >= 15 is 0 Å². The Hall–Kier alpha value is -2.06. The molecule has 6 heteroatoms. The van der Waals surface area contributed by atoms with Gasteiger partial charge in [0.1, 0.15) is 6.07 Å². The van der Waals surface area contributed by atoms with Crippen molar-refractivity contribution in [1.82, 2.24) is 5.32 Å². The number of hydrogen-bond donors (Lipinski definition) is 1. The maximum Gasteiger partial charge on any atom is 0.246 e. The monoisotopic (exact) mass is 249 g/mol. The van der Waals surface area contributed by atoms with E-state index < -0.39 is 0 Å². The molecule has 1 aliphatic heterocycles. The molecule has 0 aromatic heterocycles. The van der Waals surface area contributed by atoms with Gasteiger partial charge in [-0.3, -0.25) is 14.9 Å². The van der Waals surface area contributed by atoms with Crippen molar-refractivity contribution in [2.75, 3.05) is 18.0 Å². The second-order valence-corrected chi connectivity index (χ2v) is 4.04.